The van der Waals surface area contributed by atoms with E-state index in [1.165, 1.54) is 0 Å². The van der Waals surface area contributed by atoms with Crippen LogP contribution in [0.2, 0.25) is 0 Å². The van der Waals surface area contributed by atoms with E-state index in [9.17, 15) is 9.59 Å². The number of halogens is 1. The Morgan fingerprint density at radius 1 is 1.00 bits per heavy atom. The number of fused-ring (bicyclic) bond motifs is 1. The molecule has 3 aromatic rings. The van der Waals surface area contributed by atoms with E-state index < -0.39 is 0 Å². The lowest BCUT2D eigenvalue weighted by atomic mass is 10.0. The summed E-state index contributed by atoms with van der Waals surface area (Å²) >= 11 is 1.98. The summed E-state index contributed by atoms with van der Waals surface area (Å²) in [6.07, 6.45) is 3.35. The molecular weight excluding hydrogens is 519 g/mol. The maximum absolute atomic E-state index is 12.6. The molecule has 0 radical (unpaired) electrons. The number of ether oxygens (including phenoxy) is 2. The Kier molecular flexibility index (Phi) is 6.05. The van der Waals surface area contributed by atoms with Crippen molar-refractivity contribution in [1.82, 2.24) is 9.55 Å². The highest BCUT2D eigenvalue weighted by Crippen LogP contribution is 2.68. The quantitative estimate of drug-likeness (QED) is 0.437. The van der Waals surface area contributed by atoms with Crippen molar-refractivity contribution in [3.05, 3.63) is 102 Å². The molecule has 0 saturated heterocycles. The summed E-state index contributed by atoms with van der Waals surface area (Å²) in [6, 6.07) is 20.3. The van der Waals surface area contributed by atoms with Crippen LogP contribution in [0.1, 0.15) is 30.0 Å². The Morgan fingerprint density at radius 3 is 2.34 bits per heavy atom. The fourth-order valence-electron chi connectivity index (χ4n) is 5.07. The summed E-state index contributed by atoms with van der Waals surface area (Å²) in [5.41, 5.74) is 1.48. The van der Waals surface area contributed by atoms with E-state index in [-0.39, 0.29) is 28.8 Å². The maximum Gasteiger partial charge on any atom is 0.328 e. The number of hydrogen-bond acceptors (Lipinski definition) is 4. The Balaban J connectivity index is 1.35. The van der Waals surface area contributed by atoms with Crippen LogP contribution in [0.3, 0.4) is 0 Å². The van der Waals surface area contributed by atoms with Gasteiger partial charge in [0.2, 0.25) is 0 Å². The SMILES string of the molecule is O=c1[nH]c(=O)n([C@H]2C[C@H](OCc3ccccc3)C3(COCc4ccccc4)C[C@H]23)cc1I. The van der Waals surface area contributed by atoms with E-state index >= 15 is 0 Å². The molecule has 0 spiro atoms. The van der Waals surface area contributed by atoms with Gasteiger partial charge in [-0.3, -0.25) is 14.3 Å². The molecule has 1 unspecified atom stereocenters. The first kappa shape index (κ1) is 21.6. The Labute approximate surface area is 199 Å². The molecule has 2 aliphatic rings. The number of rotatable bonds is 8. The molecule has 7 heteroatoms. The van der Waals surface area contributed by atoms with Crippen LogP contribution in [0, 0.1) is 14.9 Å². The third-order valence-electron chi connectivity index (χ3n) is 6.80. The van der Waals surface area contributed by atoms with Crippen LogP contribution in [-0.2, 0) is 22.7 Å². The molecule has 2 aliphatic carbocycles. The summed E-state index contributed by atoms with van der Waals surface area (Å²) in [6.45, 7) is 1.68. The number of aromatic nitrogens is 2. The molecule has 2 saturated carbocycles. The second-order valence-electron chi connectivity index (χ2n) is 8.75. The van der Waals surface area contributed by atoms with Gasteiger partial charge in [-0.05, 0) is 52.5 Å². The number of nitrogens with zero attached hydrogens (tertiary/aromatic N) is 1. The summed E-state index contributed by atoms with van der Waals surface area (Å²) in [5.74, 6) is 0.290. The highest BCUT2D eigenvalue weighted by molar-refractivity contribution is 14.1. The molecule has 2 fully saturated rings. The van der Waals surface area contributed by atoms with Gasteiger partial charge in [0.25, 0.3) is 5.56 Å². The highest BCUT2D eigenvalue weighted by atomic mass is 127. The molecule has 166 valence electrons. The lowest BCUT2D eigenvalue weighted by molar-refractivity contribution is -0.0401. The average molecular weight is 544 g/mol. The number of H-pyrrole nitrogens is 1. The minimum atomic E-state index is -0.352. The monoisotopic (exact) mass is 544 g/mol. The summed E-state index contributed by atoms with van der Waals surface area (Å²) in [4.78, 5) is 26.9. The lowest BCUT2D eigenvalue weighted by Crippen LogP contribution is -2.34. The highest BCUT2D eigenvalue weighted by Gasteiger charge is 2.68. The third kappa shape index (κ3) is 4.21. The second-order valence-corrected chi connectivity index (χ2v) is 9.92. The van der Waals surface area contributed by atoms with Gasteiger partial charge in [-0.15, -0.1) is 0 Å². The summed E-state index contributed by atoms with van der Waals surface area (Å²) in [5, 5.41) is 0. The molecule has 4 atom stereocenters. The van der Waals surface area contributed by atoms with Gasteiger partial charge in [-0.25, -0.2) is 4.79 Å². The molecule has 32 heavy (non-hydrogen) atoms. The topological polar surface area (TPSA) is 73.3 Å². The zero-order chi connectivity index (χ0) is 22.1. The normalized spacial score (nSPS) is 26.1. The molecule has 0 aliphatic heterocycles. The smallest absolute Gasteiger partial charge is 0.328 e. The van der Waals surface area contributed by atoms with E-state index in [0.29, 0.717) is 29.3 Å². The molecular formula is C25H25IN2O4. The van der Waals surface area contributed by atoms with Gasteiger partial charge in [-0.2, -0.15) is 0 Å². The number of benzene rings is 2. The maximum atomic E-state index is 12.6. The number of aromatic amines is 1. The summed E-state index contributed by atoms with van der Waals surface area (Å²) in [7, 11) is 0. The Bertz CT molecular complexity index is 1190. The minimum Gasteiger partial charge on any atom is -0.376 e. The zero-order valence-electron chi connectivity index (χ0n) is 17.6. The van der Waals surface area contributed by atoms with Gasteiger partial charge in [0.1, 0.15) is 0 Å². The molecule has 5 rings (SSSR count). The standard InChI is InChI=1S/C25H25IN2O4/c26-20-13-28(24(30)27-23(20)29)21-11-22(32-15-18-9-5-2-6-10-18)25(12-19(21)25)16-31-14-17-7-3-1-4-8-17/h1-10,13,19,21-22H,11-12,14-16H2,(H,27,29,30)/t19-,21+,22+,25?/m1/s1. The summed E-state index contributed by atoms with van der Waals surface area (Å²) < 4.78 is 14.8. The molecule has 0 amide bonds. The molecule has 0 bridgehead atoms. The fourth-order valence-corrected chi connectivity index (χ4v) is 5.50. The first-order valence-corrected chi connectivity index (χ1v) is 11.9. The average Bonchev–Trinajstić information content (AvgIpc) is 3.45. The predicted octanol–water partition coefficient (Wildman–Crippen LogP) is 3.89. The van der Waals surface area contributed by atoms with Crippen molar-refractivity contribution in [2.75, 3.05) is 6.61 Å². The predicted molar refractivity (Wildman–Crippen MR) is 129 cm³/mol. The van der Waals surface area contributed by atoms with E-state index in [4.69, 9.17) is 9.47 Å². The van der Waals surface area contributed by atoms with Crippen molar-refractivity contribution >= 4 is 22.6 Å². The van der Waals surface area contributed by atoms with Crippen LogP contribution in [-0.4, -0.2) is 22.3 Å². The van der Waals surface area contributed by atoms with Crippen molar-refractivity contribution in [2.45, 2.75) is 38.2 Å². The molecule has 6 nitrogen and oxygen atoms in total. The van der Waals surface area contributed by atoms with Gasteiger partial charge < -0.3 is 9.47 Å². The first-order valence-electron chi connectivity index (χ1n) is 10.8. The van der Waals surface area contributed by atoms with E-state index in [0.717, 1.165) is 24.0 Å². The van der Waals surface area contributed by atoms with E-state index in [2.05, 4.69) is 29.2 Å². The second kappa shape index (κ2) is 8.96. The van der Waals surface area contributed by atoms with Gasteiger partial charge in [-0.1, -0.05) is 60.7 Å². The van der Waals surface area contributed by atoms with Gasteiger partial charge in [0.05, 0.1) is 29.5 Å². The minimum absolute atomic E-state index is 0.00559. The van der Waals surface area contributed by atoms with Crippen molar-refractivity contribution < 1.29 is 9.47 Å². The first-order chi connectivity index (χ1) is 15.6. The zero-order valence-corrected chi connectivity index (χ0v) is 19.7. The lowest BCUT2D eigenvalue weighted by Gasteiger charge is -2.24. The van der Waals surface area contributed by atoms with Crippen LogP contribution >= 0.6 is 22.6 Å². The Hall–Kier alpha value is -2.23. The van der Waals surface area contributed by atoms with Gasteiger partial charge in [0, 0.05) is 17.7 Å². The number of nitrogens with one attached hydrogen (secondary N) is 1. The third-order valence-corrected chi connectivity index (χ3v) is 7.57. The molecule has 1 N–H and O–H groups in total. The van der Waals surface area contributed by atoms with E-state index in [1.807, 2.05) is 59.0 Å². The molecule has 2 aromatic carbocycles. The van der Waals surface area contributed by atoms with Crippen LogP contribution < -0.4 is 11.2 Å². The fraction of sp³-hybridized carbons (Fsp3) is 0.360. The van der Waals surface area contributed by atoms with Crippen molar-refractivity contribution in [1.29, 1.82) is 0 Å². The van der Waals surface area contributed by atoms with Crippen LogP contribution in [0.5, 0.6) is 0 Å². The van der Waals surface area contributed by atoms with Crippen molar-refractivity contribution in [3.8, 4) is 0 Å². The van der Waals surface area contributed by atoms with Crippen LogP contribution in [0.4, 0.5) is 0 Å². The largest absolute Gasteiger partial charge is 0.376 e. The van der Waals surface area contributed by atoms with Gasteiger partial charge in [0.15, 0.2) is 0 Å². The van der Waals surface area contributed by atoms with Crippen molar-refractivity contribution in [3.63, 3.8) is 0 Å². The van der Waals surface area contributed by atoms with Crippen LogP contribution in [0.15, 0.2) is 76.4 Å². The molecule has 1 aromatic heterocycles. The number of hydrogen-bond donors (Lipinski definition) is 1. The Morgan fingerprint density at radius 2 is 1.66 bits per heavy atom. The van der Waals surface area contributed by atoms with Crippen molar-refractivity contribution in [2.24, 2.45) is 11.3 Å². The van der Waals surface area contributed by atoms with E-state index in [1.54, 1.807) is 10.8 Å². The molecule has 1 heterocycles. The van der Waals surface area contributed by atoms with Crippen LogP contribution in [0.25, 0.3) is 0 Å². The van der Waals surface area contributed by atoms with Gasteiger partial charge >= 0.3 is 5.69 Å².